The Morgan fingerprint density at radius 3 is 2.77 bits per heavy atom. The minimum absolute atomic E-state index is 0.0808. The molecule has 2 aromatic carbocycles. The Morgan fingerprint density at radius 2 is 2.05 bits per heavy atom. The maximum atomic E-state index is 11.8. The highest BCUT2D eigenvalue weighted by molar-refractivity contribution is 6.03. The number of carbonyl (C=O) groups is 1. The summed E-state index contributed by atoms with van der Waals surface area (Å²) in [5.41, 5.74) is 7.14. The van der Waals surface area contributed by atoms with E-state index in [2.05, 4.69) is 42.9 Å². The molecule has 1 aliphatic rings. The van der Waals surface area contributed by atoms with Gasteiger partial charge >= 0.3 is 0 Å². The Labute approximate surface area is 130 Å². The van der Waals surface area contributed by atoms with Crippen molar-refractivity contribution in [1.29, 1.82) is 0 Å². The Hall–Kier alpha value is -2.33. The summed E-state index contributed by atoms with van der Waals surface area (Å²) in [4.78, 5) is 11.8. The van der Waals surface area contributed by atoms with Crippen LogP contribution in [0.3, 0.4) is 0 Å². The normalized spacial score (nSPS) is 16.5. The molecule has 4 nitrogen and oxygen atoms in total. The number of fused-ring (bicyclic) bond motifs is 1. The van der Waals surface area contributed by atoms with Crippen LogP contribution in [0, 0.1) is 5.92 Å². The van der Waals surface area contributed by atoms with Gasteiger partial charge in [-0.1, -0.05) is 44.2 Å². The van der Waals surface area contributed by atoms with Crippen molar-refractivity contribution >= 4 is 22.8 Å². The highest BCUT2D eigenvalue weighted by atomic mass is 16.5. The number of amides is 1. The van der Waals surface area contributed by atoms with Crippen LogP contribution in [0.4, 0.5) is 0 Å². The number of nitrogens with one attached hydrogen (secondary N) is 2. The standard InChI is InChI=1S/C18H20N2O2/c1-12(2)11-22-17-8-7-13-5-3-4-6-15(13)16(17)9-14-10-19-20-18(14)21/h3-9,12,19H,10-11H2,1-2H3,(H,20,21)/b14-9+. The summed E-state index contributed by atoms with van der Waals surface area (Å²) < 4.78 is 5.96. The topological polar surface area (TPSA) is 50.4 Å². The number of rotatable bonds is 4. The fourth-order valence-corrected chi connectivity index (χ4v) is 2.48. The lowest BCUT2D eigenvalue weighted by Gasteiger charge is -2.14. The van der Waals surface area contributed by atoms with Gasteiger partial charge in [0.05, 0.1) is 6.61 Å². The first-order chi connectivity index (χ1) is 10.6. The van der Waals surface area contributed by atoms with Gasteiger partial charge in [0, 0.05) is 17.7 Å². The van der Waals surface area contributed by atoms with E-state index in [1.807, 2.05) is 24.3 Å². The molecule has 1 amide bonds. The molecule has 1 saturated heterocycles. The first kappa shape index (κ1) is 14.6. The van der Waals surface area contributed by atoms with Crippen LogP contribution in [0.1, 0.15) is 19.4 Å². The molecule has 0 spiro atoms. The highest BCUT2D eigenvalue weighted by Gasteiger charge is 2.17. The highest BCUT2D eigenvalue weighted by Crippen LogP contribution is 2.30. The van der Waals surface area contributed by atoms with Gasteiger partial charge in [0.15, 0.2) is 0 Å². The van der Waals surface area contributed by atoms with Crippen LogP contribution in [0.15, 0.2) is 42.0 Å². The summed E-state index contributed by atoms with van der Waals surface area (Å²) in [6.45, 7) is 5.41. The maximum Gasteiger partial charge on any atom is 0.262 e. The Balaban J connectivity index is 2.10. The van der Waals surface area contributed by atoms with E-state index in [0.717, 1.165) is 22.1 Å². The zero-order valence-corrected chi connectivity index (χ0v) is 12.8. The van der Waals surface area contributed by atoms with Crippen LogP contribution in [-0.2, 0) is 4.79 Å². The van der Waals surface area contributed by atoms with Crippen LogP contribution >= 0.6 is 0 Å². The smallest absolute Gasteiger partial charge is 0.262 e. The monoisotopic (exact) mass is 296 g/mol. The molecule has 0 unspecified atom stereocenters. The van der Waals surface area contributed by atoms with Crippen molar-refractivity contribution < 1.29 is 9.53 Å². The van der Waals surface area contributed by atoms with Crippen LogP contribution in [0.2, 0.25) is 0 Å². The second kappa shape index (κ2) is 6.20. The Bertz CT molecular complexity index is 735. The fraction of sp³-hybridized carbons (Fsp3) is 0.278. The van der Waals surface area contributed by atoms with Gasteiger partial charge in [0.1, 0.15) is 5.75 Å². The van der Waals surface area contributed by atoms with E-state index in [0.29, 0.717) is 24.6 Å². The predicted molar refractivity (Wildman–Crippen MR) is 88.4 cm³/mol. The average Bonchev–Trinajstić information content (AvgIpc) is 2.91. The van der Waals surface area contributed by atoms with Gasteiger partial charge in [-0.05, 0) is 28.8 Å². The van der Waals surface area contributed by atoms with E-state index in [9.17, 15) is 4.79 Å². The van der Waals surface area contributed by atoms with E-state index < -0.39 is 0 Å². The molecule has 1 heterocycles. The van der Waals surface area contributed by atoms with E-state index in [1.54, 1.807) is 0 Å². The molecule has 0 saturated carbocycles. The van der Waals surface area contributed by atoms with Crippen molar-refractivity contribution in [3.05, 3.63) is 47.5 Å². The van der Waals surface area contributed by atoms with Crippen molar-refractivity contribution in [2.45, 2.75) is 13.8 Å². The third-order valence-corrected chi connectivity index (χ3v) is 3.59. The van der Waals surface area contributed by atoms with E-state index >= 15 is 0 Å². The van der Waals surface area contributed by atoms with Gasteiger partial charge in [-0.3, -0.25) is 10.2 Å². The first-order valence-corrected chi connectivity index (χ1v) is 7.53. The van der Waals surface area contributed by atoms with Crippen LogP contribution < -0.4 is 15.6 Å². The molecular weight excluding hydrogens is 276 g/mol. The summed E-state index contributed by atoms with van der Waals surface area (Å²) in [5.74, 6) is 1.19. The molecular formula is C18H20N2O2. The number of hydrogen-bond acceptors (Lipinski definition) is 3. The second-order valence-corrected chi connectivity index (χ2v) is 5.88. The van der Waals surface area contributed by atoms with Gasteiger partial charge in [-0.2, -0.15) is 0 Å². The molecule has 0 aliphatic carbocycles. The molecule has 0 aromatic heterocycles. The number of carbonyl (C=O) groups excluding carboxylic acids is 1. The Kier molecular flexibility index (Phi) is 4.11. The SMILES string of the molecule is CC(C)COc1ccc2ccccc2c1/C=C1\CNNC1=O. The van der Waals surface area contributed by atoms with Crippen molar-refractivity contribution in [1.82, 2.24) is 10.9 Å². The molecule has 2 N–H and O–H groups in total. The molecule has 1 aliphatic heterocycles. The average molecular weight is 296 g/mol. The lowest BCUT2D eigenvalue weighted by Crippen LogP contribution is -2.25. The molecule has 1 fully saturated rings. The quantitative estimate of drug-likeness (QED) is 0.853. The van der Waals surface area contributed by atoms with E-state index in [1.165, 1.54) is 0 Å². The molecule has 2 aromatic rings. The van der Waals surface area contributed by atoms with E-state index in [-0.39, 0.29) is 5.91 Å². The number of ether oxygens (including phenoxy) is 1. The van der Waals surface area contributed by atoms with Gasteiger partial charge in [-0.15, -0.1) is 0 Å². The lowest BCUT2D eigenvalue weighted by molar-refractivity contribution is -0.116. The minimum Gasteiger partial charge on any atom is -0.493 e. The van der Waals surface area contributed by atoms with Gasteiger partial charge < -0.3 is 4.74 Å². The summed E-state index contributed by atoms with van der Waals surface area (Å²) in [6, 6.07) is 12.2. The molecule has 114 valence electrons. The lowest BCUT2D eigenvalue weighted by atomic mass is 10.0. The molecule has 0 bridgehead atoms. The van der Waals surface area contributed by atoms with Gasteiger partial charge in [0.25, 0.3) is 5.91 Å². The van der Waals surface area contributed by atoms with Gasteiger partial charge in [-0.25, -0.2) is 5.43 Å². The number of hydrogen-bond donors (Lipinski definition) is 2. The largest absolute Gasteiger partial charge is 0.493 e. The number of benzene rings is 2. The molecule has 0 atom stereocenters. The minimum atomic E-state index is -0.0808. The summed E-state index contributed by atoms with van der Waals surface area (Å²) in [6.07, 6.45) is 1.92. The second-order valence-electron chi connectivity index (χ2n) is 5.88. The van der Waals surface area contributed by atoms with Crippen LogP contribution in [-0.4, -0.2) is 19.1 Å². The predicted octanol–water partition coefficient (Wildman–Crippen LogP) is 2.89. The summed E-state index contributed by atoms with van der Waals surface area (Å²) in [7, 11) is 0. The molecule has 0 radical (unpaired) electrons. The van der Waals surface area contributed by atoms with E-state index in [4.69, 9.17) is 4.74 Å². The third-order valence-electron chi connectivity index (χ3n) is 3.59. The number of hydrazine groups is 1. The fourth-order valence-electron chi connectivity index (χ4n) is 2.48. The zero-order chi connectivity index (χ0) is 15.5. The van der Waals surface area contributed by atoms with Crippen LogP contribution in [0.5, 0.6) is 5.75 Å². The van der Waals surface area contributed by atoms with Crippen molar-refractivity contribution in [3.8, 4) is 5.75 Å². The first-order valence-electron chi connectivity index (χ1n) is 7.53. The maximum absolute atomic E-state index is 11.8. The van der Waals surface area contributed by atoms with Crippen molar-refractivity contribution in [3.63, 3.8) is 0 Å². The van der Waals surface area contributed by atoms with Crippen LogP contribution in [0.25, 0.3) is 16.8 Å². The molecule has 3 rings (SSSR count). The van der Waals surface area contributed by atoms with Crippen molar-refractivity contribution in [2.75, 3.05) is 13.2 Å². The third kappa shape index (κ3) is 2.97. The van der Waals surface area contributed by atoms with Crippen molar-refractivity contribution in [2.24, 2.45) is 5.92 Å². The zero-order valence-electron chi connectivity index (χ0n) is 12.8. The summed E-state index contributed by atoms with van der Waals surface area (Å²) in [5, 5.41) is 2.23. The Morgan fingerprint density at radius 1 is 1.23 bits per heavy atom. The molecule has 22 heavy (non-hydrogen) atoms. The summed E-state index contributed by atoms with van der Waals surface area (Å²) >= 11 is 0. The van der Waals surface area contributed by atoms with Gasteiger partial charge in [0.2, 0.25) is 0 Å². The molecule has 4 heteroatoms.